The molecule has 0 radical (unpaired) electrons. The number of amides is 1. The second-order valence-electron chi connectivity index (χ2n) is 8.71. The van der Waals surface area contributed by atoms with Crippen LogP contribution in [-0.2, 0) is 20.5 Å². The molecule has 2 aromatic heterocycles. The topological polar surface area (TPSA) is 56.0 Å². The molecule has 1 saturated heterocycles. The van der Waals surface area contributed by atoms with E-state index < -0.39 is 0 Å². The molecule has 2 atom stereocenters. The molecular weight excluding hydrogens is 362 g/mol. The van der Waals surface area contributed by atoms with Gasteiger partial charge >= 0.3 is 0 Å². The van der Waals surface area contributed by atoms with Crippen LogP contribution < -0.4 is 0 Å². The Morgan fingerprint density at radius 3 is 2.59 bits per heavy atom. The van der Waals surface area contributed by atoms with Crippen LogP contribution in [0.4, 0.5) is 0 Å². The number of fused-ring (bicyclic) bond motifs is 4. The van der Waals surface area contributed by atoms with Gasteiger partial charge in [0.15, 0.2) is 0 Å². The Hall–Kier alpha value is -2.89. The van der Waals surface area contributed by atoms with Gasteiger partial charge in [-0.25, -0.2) is 0 Å². The molecule has 3 aromatic rings. The first-order valence-corrected chi connectivity index (χ1v) is 10.6. The van der Waals surface area contributed by atoms with Gasteiger partial charge in [-0.3, -0.25) is 14.2 Å². The lowest BCUT2D eigenvalue weighted by atomic mass is 9.94. The SMILES string of the molecule is Cn1nc2c(c1-c1ccccc1)C[C@@H]1CC[C@H]2N1C(=O)c1cnn(C)c1C1CC1. The Morgan fingerprint density at radius 1 is 1.03 bits per heavy atom. The molecule has 6 rings (SSSR count). The molecule has 1 amide bonds. The summed E-state index contributed by atoms with van der Waals surface area (Å²) in [6.07, 6.45) is 7.03. The van der Waals surface area contributed by atoms with Crippen LogP contribution in [0.15, 0.2) is 36.5 Å². The molecule has 3 aliphatic rings. The van der Waals surface area contributed by atoms with Crippen molar-refractivity contribution < 1.29 is 4.79 Å². The fraction of sp³-hybridized carbons (Fsp3) is 0.435. The summed E-state index contributed by atoms with van der Waals surface area (Å²) in [5.41, 5.74) is 6.73. The fourth-order valence-electron chi connectivity index (χ4n) is 5.50. The van der Waals surface area contributed by atoms with Crippen molar-refractivity contribution in [2.24, 2.45) is 14.1 Å². The number of carbonyl (C=O) groups excluding carboxylic acids is 1. The summed E-state index contributed by atoms with van der Waals surface area (Å²) < 4.78 is 3.90. The molecular formula is C23H25N5O. The molecule has 1 saturated carbocycles. The van der Waals surface area contributed by atoms with Gasteiger partial charge in [0.2, 0.25) is 0 Å². The van der Waals surface area contributed by atoms with E-state index in [0.29, 0.717) is 5.92 Å². The Labute approximate surface area is 170 Å². The molecule has 1 aliphatic carbocycles. The minimum Gasteiger partial charge on any atom is -0.327 e. The summed E-state index contributed by atoms with van der Waals surface area (Å²) in [6.45, 7) is 0. The fourth-order valence-corrected chi connectivity index (χ4v) is 5.50. The lowest BCUT2D eigenvalue weighted by Gasteiger charge is -2.34. The molecule has 4 heterocycles. The van der Waals surface area contributed by atoms with Crippen molar-refractivity contribution in [3.05, 3.63) is 59.0 Å². The van der Waals surface area contributed by atoms with E-state index in [2.05, 4.69) is 34.3 Å². The van der Waals surface area contributed by atoms with Crippen LogP contribution in [0.2, 0.25) is 0 Å². The Balaban J connectivity index is 1.41. The van der Waals surface area contributed by atoms with E-state index in [1.165, 1.54) is 16.8 Å². The van der Waals surface area contributed by atoms with E-state index in [0.717, 1.165) is 49.1 Å². The number of aryl methyl sites for hydroxylation is 2. The number of nitrogens with zero attached hydrogens (tertiary/aromatic N) is 5. The lowest BCUT2D eigenvalue weighted by molar-refractivity contribution is 0.0641. The number of carbonyl (C=O) groups is 1. The van der Waals surface area contributed by atoms with Crippen molar-refractivity contribution in [3.63, 3.8) is 0 Å². The van der Waals surface area contributed by atoms with E-state index in [4.69, 9.17) is 5.10 Å². The lowest BCUT2D eigenvalue weighted by Crippen LogP contribution is -2.42. The Kier molecular flexibility index (Phi) is 3.55. The van der Waals surface area contributed by atoms with Crippen molar-refractivity contribution in [1.29, 1.82) is 0 Å². The van der Waals surface area contributed by atoms with Gasteiger partial charge in [-0.2, -0.15) is 10.2 Å². The van der Waals surface area contributed by atoms with E-state index in [1.54, 1.807) is 6.20 Å². The van der Waals surface area contributed by atoms with Gasteiger partial charge in [0, 0.05) is 37.2 Å². The molecule has 0 unspecified atom stereocenters. The summed E-state index contributed by atoms with van der Waals surface area (Å²) >= 11 is 0. The maximum Gasteiger partial charge on any atom is 0.258 e. The number of hydrogen-bond acceptors (Lipinski definition) is 3. The van der Waals surface area contributed by atoms with Gasteiger partial charge in [0.05, 0.1) is 34.9 Å². The maximum atomic E-state index is 13.6. The molecule has 148 valence electrons. The normalized spacial score (nSPS) is 22.8. The quantitative estimate of drug-likeness (QED) is 0.690. The molecule has 29 heavy (non-hydrogen) atoms. The molecule has 0 spiro atoms. The number of rotatable bonds is 3. The zero-order valence-electron chi connectivity index (χ0n) is 16.9. The smallest absolute Gasteiger partial charge is 0.258 e. The van der Waals surface area contributed by atoms with Gasteiger partial charge < -0.3 is 4.90 Å². The van der Waals surface area contributed by atoms with Crippen molar-refractivity contribution in [1.82, 2.24) is 24.5 Å². The van der Waals surface area contributed by atoms with Crippen molar-refractivity contribution in [2.75, 3.05) is 0 Å². The first-order chi connectivity index (χ1) is 14.1. The zero-order chi connectivity index (χ0) is 19.7. The first kappa shape index (κ1) is 17.0. The number of benzene rings is 1. The molecule has 6 heteroatoms. The highest BCUT2D eigenvalue weighted by Gasteiger charge is 2.47. The van der Waals surface area contributed by atoms with Crippen LogP contribution in [0.5, 0.6) is 0 Å². The zero-order valence-corrected chi connectivity index (χ0v) is 16.9. The van der Waals surface area contributed by atoms with E-state index in [-0.39, 0.29) is 18.0 Å². The monoisotopic (exact) mass is 387 g/mol. The van der Waals surface area contributed by atoms with Gasteiger partial charge in [0.1, 0.15) is 0 Å². The number of aromatic nitrogens is 4. The van der Waals surface area contributed by atoms with E-state index in [1.807, 2.05) is 29.5 Å². The molecule has 1 aromatic carbocycles. The summed E-state index contributed by atoms with van der Waals surface area (Å²) in [4.78, 5) is 15.8. The van der Waals surface area contributed by atoms with E-state index >= 15 is 0 Å². The second-order valence-corrected chi connectivity index (χ2v) is 8.71. The molecule has 2 fully saturated rings. The number of hydrogen-bond donors (Lipinski definition) is 0. The van der Waals surface area contributed by atoms with Crippen molar-refractivity contribution in [2.45, 2.75) is 50.1 Å². The van der Waals surface area contributed by atoms with Crippen LogP contribution in [0, 0.1) is 0 Å². The average molecular weight is 387 g/mol. The highest BCUT2D eigenvalue weighted by Crippen LogP contribution is 2.48. The van der Waals surface area contributed by atoms with Gasteiger partial charge in [-0.1, -0.05) is 30.3 Å². The van der Waals surface area contributed by atoms with Gasteiger partial charge in [0.25, 0.3) is 5.91 Å². The predicted molar refractivity (Wildman–Crippen MR) is 109 cm³/mol. The van der Waals surface area contributed by atoms with Crippen LogP contribution in [0.1, 0.15) is 65.0 Å². The Morgan fingerprint density at radius 2 is 1.83 bits per heavy atom. The van der Waals surface area contributed by atoms with Crippen molar-refractivity contribution >= 4 is 5.91 Å². The van der Waals surface area contributed by atoms with Crippen molar-refractivity contribution in [3.8, 4) is 11.3 Å². The third-order valence-electron chi connectivity index (χ3n) is 6.90. The summed E-state index contributed by atoms with van der Waals surface area (Å²) in [6, 6.07) is 10.8. The standard InChI is InChI=1S/C23H25N5O/c1-26-22(15-8-9-15)18(13-24-26)23(29)28-16-10-11-19(28)20-17(12-16)21(27(2)25-20)14-6-4-3-5-7-14/h3-7,13,15-16,19H,8-12H2,1-2H3/t16-,19+/m0/s1. The largest absolute Gasteiger partial charge is 0.327 e. The van der Waals surface area contributed by atoms with Crippen LogP contribution in [0.25, 0.3) is 11.3 Å². The predicted octanol–water partition coefficient (Wildman–Crippen LogP) is 3.60. The molecule has 2 aliphatic heterocycles. The van der Waals surface area contributed by atoms with Gasteiger partial charge in [-0.05, 0) is 32.1 Å². The third-order valence-corrected chi connectivity index (χ3v) is 6.90. The second kappa shape index (κ2) is 6.05. The average Bonchev–Trinajstić information content (AvgIpc) is 3.28. The highest BCUT2D eigenvalue weighted by molar-refractivity contribution is 5.96. The minimum absolute atomic E-state index is 0.0761. The van der Waals surface area contributed by atoms with Gasteiger partial charge in [-0.15, -0.1) is 0 Å². The maximum absolute atomic E-state index is 13.6. The first-order valence-electron chi connectivity index (χ1n) is 10.6. The van der Waals surface area contributed by atoms with Crippen LogP contribution in [0.3, 0.4) is 0 Å². The summed E-state index contributed by atoms with van der Waals surface area (Å²) in [7, 11) is 3.98. The van der Waals surface area contributed by atoms with E-state index in [9.17, 15) is 4.79 Å². The highest BCUT2D eigenvalue weighted by atomic mass is 16.2. The minimum atomic E-state index is 0.0761. The Bertz CT molecular complexity index is 1110. The molecule has 2 bridgehead atoms. The van der Waals surface area contributed by atoms with Crippen LogP contribution >= 0.6 is 0 Å². The summed E-state index contributed by atoms with van der Waals surface area (Å²) in [5.74, 6) is 0.643. The molecule has 6 nitrogen and oxygen atoms in total. The third kappa shape index (κ3) is 2.44. The summed E-state index contributed by atoms with van der Waals surface area (Å²) in [5, 5.41) is 9.33. The molecule has 0 N–H and O–H groups in total. The van der Waals surface area contributed by atoms with Crippen LogP contribution in [-0.4, -0.2) is 36.4 Å².